The van der Waals surface area contributed by atoms with E-state index in [-0.39, 0.29) is 36.7 Å². The quantitative estimate of drug-likeness (QED) is 0.804. The van der Waals surface area contributed by atoms with Crippen LogP contribution in [0.3, 0.4) is 0 Å². The number of carbonyl (C=O) groups is 2. The third-order valence-electron chi connectivity index (χ3n) is 4.41. The first kappa shape index (κ1) is 17.5. The molecular weight excluding hydrogens is 292 g/mol. The third kappa shape index (κ3) is 4.32. The first-order chi connectivity index (χ1) is 11.1. The molecule has 5 heteroatoms. The second-order valence-electron chi connectivity index (χ2n) is 6.25. The number of nitrogens with one attached hydrogen (secondary N) is 1. The zero-order valence-corrected chi connectivity index (χ0v) is 13.9. The van der Waals surface area contributed by atoms with Gasteiger partial charge in [-0.25, -0.2) is 0 Å². The van der Waals surface area contributed by atoms with Crippen molar-refractivity contribution in [3.05, 3.63) is 29.8 Å². The van der Waals surface area contributed by atoms with Crippen LogP contribution < -0.4 is 10.2 Å². The second-order valence-corrected chi connectivity index (χ2v) is 6.25. The normalized spacial score (nSPS) is 19.0. The van der Waals surface area contributed by atoms with Gasteiger partial charge in [-0.1, -0.05) is 32.0 Å². The van der Waals surface area contributed by atoms with Crippen LogP contribution in [0.5, 0.6) is 0 Å². The maximum Gasteiger partial charge on any atom is 0.227 e. The van der Waals surface area contributed by atoms with E-state index in [1.54, 1.807) is 4.90 Å². The standard InChI is InChI=1S/C18H26N2O3/c1-3-14-6-4-5-7-16(14)20-12-15(10-17(20)22)18(23)19-11-13(2)8-9-21/h4-7,13,15,21H,3,8-12H2,1-2H3,(H,19,23). The number of amides is 2. The molecule has 1 fully saturated rings. The largest absolute Gasteiger partial charge is 0.396 e. The van der Waals surface area contributed by atoms with Gasteiger partial charge in [-0.3, -0.25) is 9.59 Å². The minimum Gasteiger partial charge on any atom is -0.396 e. The number of aliphatic hydroxyl groups excluding tert-OH is 1. The van der Waals surface area contributed by atoms with Gasteiger partial charge in [-0.05, 0) is 30.4 Å². The predicted octanol–water partition coefficient (Wildman–Crippen LogP) is 1.74. The van der Waals surface area contributed by atoms with Crippen LogP contribution in [0, 0.1) is 11.8 Å². The number of rotatable bonds is 7. The van der Waals surface area contributed by atoms with Crippen LogP contribution in [0.1, 0.15) is 32.3 Å². The van der Waals surface area contributed by atoms with Crippen molar-refractivity contribution in [2.24, 2.45) is 11.8 Å². The molecule has 1 saturated heterocycles. The lowest BCUT2D eigenvalue weighted by Crippen LogP contribution is -2.35. The lowest BCUT2D eigenvalue weighted by molar-refractivity contribution is -0.126. The maximum atomic E-state index is 12.3. The minimum atomic E-state index is -0.297. The molecule has 126 valence electrons. The van der Waals surface area contributed by atoms with Crippen molar-refractivity contribution in [1.29, 1.82) is 0 Å². The van der Waals surface area contributed by atoms with E-state index in [1.165, 1.54) is 0 Å². The van der Waals surface area contributed by atoms with Crippen LogP contribution in [-0.4, -0.2) is 36.6 Å². The van der Waals surface area contributed by atoms with Crippen LogP contribution in [0.4, 0.5) is 5.69 Å². The van der Waals surface area contributed by atoms with E-state index in [9.17, 15) is 9.59 Å². The number of benzene rings is 1. The van der Waals surface area contributed by atoms with Gasteiger partial charge in [-0.15, -0.1) is 0 Å². The van der Waals surface area contributed by atoms with Gasteiger partial charge in [0.1, 0.15) is 0 Å². The lowest BCUT2D eigenvalue weighted by atomic mass is 10.1. The van der Waals surface area contributed by atoms with Crippen molar-refractivity contribution in [2.45, 2.75) is 33.1 Å². The van der Waals surface area contributed by atoms with Crippen LogP contribution in [0.2, 0.25) is 0 Å². The van der Waals surface area contributed by atoms with Gasteiger partial charge in [-0.2, -0.15) is 0 Å². The summed E-state index contributed by atoms with van der Waals surface area (Å²) in [5.74, 6) is -0.124. The molecule has 2 atom stereocenters. The average Bonchev–Trinajstić information content (AvgIpc) is 2.94. The topological polar surface area (TPSA) is 69.6 Å². The fourth-order valence-electron chi connectivity index (χ4n) is 2.93. The molecule has 1 aliphatic heterocycles. The number of carbonyl (C=O) groups excluding carboxylic acids is 2. The van der Waals surface area contributed by atoms with Crippen molar-refractivity contribution in [1.82, 2.24) is 5.32 Å². The fourth-order valence-corrected chi connectivity index (χ4v) is 2.93. The highest BCUT2D eigenvalue weighted by molar-refractivity contribution is 6.00. The molecular formula is C18H26N2O3. The fraction of sp³-hybridized carbons (Fsp3) is 0.556. The summed E-state index contributed by atoms with van der Waals surface area (Å²) in [6, 6.07) is 7.86. The summed E-state index contributed by atoms with van der Waals surface area (Å²) in [5, 5.41) is 11.8. The van der Waals surface area contributed by atoms with Gasteiger partial charge in [0.2, 0.25) is 11.8 Å². The summed E-state index contributed by atoms with van der Waals surface area (Å²) in [4.78, 5) is 26.3. The van der Waals surface area contributed by atoms with Crippen LogP contribution >= 0.6 is 0 Å². The van der Waals surface area contributed by atoms with E-state index in [0.717, 1.165) is 17.7 Å². The number of nitrogens with zero attached hydrogens (tertiary/aromatic N) is 1. The van der Waals surface area contributed by atoms with E-state index in [1.807, 2.05) is 31.2 Å². The molecule has 2 unspecified atom stereocenters. The average molecular weight is 318 g/mol. The van der Waals surface area contributed by atoms with Gasteiger partial charge < -0.3 is 15.3 Å². The zero-order valence-electron chi connectivity index (χ0n) is 13.9. The van der Waals surface area contributed by atoms with Gasteiger partial charge in [0, 0.05) is 31.8 Å². The van der Waals surface area contributed by atoms with Crippen molar-refractivity contribution in [3.63, 3.8) is 0 Å². The van der Waals surface area contributed by atoms with Gasteiger partial charge in [0.15, 0.2) is 0 Å². The van der Waals surface area contributed by atoms with E-state index in [4.69, 9.17) is 5.11 Å². The van der Waals surface area contributed by atoms with Crippen molar-refractivity contribution in [2.75, 3.05) is 24.6 Å². The smallest absolute Gasteiger partial charge is 0.227 e. The number of aryl methyl sites for hydroxylation is 1. The Morgan fingerprint density at radius 3 is 2.87 bits per heavy atom. The number of hydrogen-bond donors (Lipinski definition) is 2. The van der Waals surface area contributed by atoms with Gasteiger partial charge in [0.25, 0.3) is 0 Å². The molecule has 1 aromatic rings. The molecule has 0 aliphatic carbocycles. The monoisotopic (exact) mass is 318 g/mol. The van der Waals surface area contributed by atoms with Crippen LogP contribution in [0.15, 0.2) is 24.3 Å². The molecule has 2 N–H and O–H groups in total. The molecule has 1 aliphatic rings. The Bertz CT molecular complexity index is 559. The molecule has 2 rings (SSSR count). The molecule has 2 amide bonds. The summed E-state index contributed by atoms with van der Waals surface area (Å²) in [7, 11) is 0. The number of aliphatic hydroxyl groups is 1. The van der Waals surface area contributed by atoms with Crippen LogP contribution in [-0.2, 0) is 16.0 Å². The van der Waals surface area contributed by atoms with Crippen molar-refractivity contribution < 1.29 is 14.7 Å². The molecule has 1 heterocycles. The summed E-state index contributed by atoms with van der Waals surface area (Å²) in [6.07, 6.45) is 1.79. The Morgan fingerprint density at radius 2 is 2.17 bits per heavy atom. The number of hydrogen-bond acceptors (Lipinski definition) is 3. The summed E-state index contributed by atoms with van der Waals surface area (Å²) in [5.41, 5.74) is 2.04. The molecule has 0 aromatic heterocycles. The highest BCUT2D eigenvalue weighted by Gasteiger charge is 2.35. The summed E-state index contributed by atoms with van der Waals surface area (Å²) in [6.45, 7) is 5.15. The Hall–Kier alpha value is -1.88. The van der Waals surface area contributed by atoms with Crippen molar-refractivity contribution in [3.8, 4) is 0 Å². The van der Waals surface area contributed by atoms with E-state index in [2.05, 4.69) is 12.2 Å². The Labute approximate surface area is 137 Å². The number of para-hydroxylation sites is 1. The molecule has 23 heavy (non-hydrogen) atoms. The van der Waals surface area contributed by atoms with E-state index < -0.39 is 0 Å². The zero-order chi connectivity index (χ0) is 16.8. The predicted molar refractivity (Wildman–Crippen MR) is 90.2 cm³/mol. The molecule has 0 spiro atoms. The summed E-state index contributed by atoms with van der Waals surface area (Å²) < 4.78 is 0. The molecule has 0 saturated carbocycles. The minimum absolute atomic E-state index is 0.00876. The highest BCUT2D eigenvalue weighted by Crippen LogP contribution is 2.28. The Morgan fingerprint density at radius 1 is 1.43 bits per heavy atom. The molecule has 0 radical (unpaired) electrons. The highest BCUT2D eigenvalue weighted by atomic mass is 16.3. The molecule has 0 bridgehead atoms. The van der Waals surface area contributed by atoms with Gasteiger partial charge in [0.05, 0.1) is 5.92 Å². The lowest BCUT2D eigenvalue weighted by Gasteiger charge is -2.20. The van der Waals surface area contributed by atoms with Crippen molar-refractivity contribution >= 4 is 17.5 Å². The first-order valence-electron chi connectivity index (χ1n) is 8.33. The SMILES string of the molecule is CCc1ccccc1N1CC(C(=O)NCC(C)CCO)CC1=O. The Kier molecular flexibility index (Phi) is 6.16. The van der Waals surface area contributed by atoms with Crippen LogP contribution in [0.25, 0.3) is 0 Å². The molecule has 1 aromatic carbocycles. The van der Waals surface area contributed by atoms with Gasteiger partial charge >= 0.3 is 0 Å². The second kappa shape index (κ2) is 8.11. The Balaban J connectivity index is 1.98. The number of anilines is 1. The van der Waals surface area contributed by atoms with E-state index in [0.29, 0.717) is 19.5 Å². The van der Waals surface area contributed by atoms with E-state index >= 15 is 0 Å². The maximum absolute atomic E-state index is 12.3. The third-order valence-corrected chi connectivity index (χ3v) is 4.41. The first-order valence-corrected chi connectivity index (χ1v) is 8.33. The summed E-state index contributed by atoms with van der Waals surface area (Å²) >= 11 is 0. The molecule has 5 nitrogen and oxygen atoms in total.